The number of hydrogen-bond acceptors (Lipinski definition) is 17. The number of aliphatic hydroxyl groups excluding tert-OH is 1. The molecule has 0 aliphatic carbocycles. The zero-order chi connectivity index (χ0) is 58.7. The Kier molecular flexibility index (Phi) is 33.3. The van der Waals surface area contributed by atoms with Crippen molar-refractivity contribution in [2.24, 2.45) is 45.3 Å². The molecule has 1 aromatic heterocycles. The number of imidazole rings is 1. The molecule has 2 heterocycles. The Morgan fingerprint density at radius 3 is 2.04 bits per heavy atom. The molecule has 1 saturated heterocycles. The fourth-order valence-electron chi connectivity index (χ4n) is 8.23. The number of aromatic nitrogens is 2. The van der Waals surface area contributed by atoms with E-state index in [2.05, 4.69) is 57.5 Å². The van der Waals surface area contributed by atoms with Gasteiger partial charge in [0.1, 0.15) is 41.6 Å². The van der Waals surface area contributed by atoms with Gasteiger partial charge >= 0.3 is 0 Å². The normalized spacial score (nSPS) is 15.5. The van der Waals surface area contributed by atoms with Gasteiger partial charge in [0.25, 0.3) is 17.7 Å². The van der Waals surface area contributed by atoms with E-state index in [1.807, 2.05) is 13.8 Å². The van der Waals surface area contributed by atoms with Gasteiger partial charge in [-0.15, -0.1) is 0 Å². The highest BCUT2D eigenvalue weighted by Gasteiger charge is 2.38. The number of likely N-dealkylation sites (tertiary alicyclic amines) is 1. The smallest absolute Gasteiger partial charge is 0.269 e. The first-order valence-electron chi connectivity index (χ1n) is 27.2. The lowest BCUT2D eigenvalue weighted by Gasteiger charge is -2.28. The Hall–Kier alpha value is -6.92. The first-order chi connectivity index (χ1) is 37.8. The van der Waals surface area contributed by atoms with Crippen molar-refractivity contribution in [1.29, 1.82) is 5.41 Å². The molecule has 9 amide bonds. The topological polar surface area (TPSA) is 494 Å². The van der Waals surface area contributed by atoms with Gasteiger partial charge in [-0.1, -0.05) is 19.9 Å². The van der Waals surface area contributed by atoms with E-state index in [0.717, 1.165) is 0 Å². The number of aliphatic imine (C=N–C) groups is 1. The molecule has 23 N–H and O–H groups in total. The number of aromatic amines is 1. The zero-order valence-electron chi connectivity index (χ0n) is 45.9. The monoisotopic (exact) mass is 1120 g/mol. The molecule has 6 atom stereocenters. The summed E-state index contributed by atoms with van der Waals surface area (Å²) in [6, 6.07) is -5.86. The number of nitrogens with zero attached hydrogens (tertiary/aromatic N) is 3. The van der Waals surface area contributed by atoms with Gasteiger partial charge < -0.3 is 91.9 Å². The van der Waals surface area contributed by atoms with E-state index in [4.69, 9.17) is 39.8 Å². The molecule has 1 aliphatic heterocycles. The number of carbonyl (C=O) groups excluding carboxylic acids is 9. The summed E-state index contributed by atoms with van der Waals surface area (Å²) in [5, 5.41) is 38.6. The van der Waals surface area contributed by atoms with Gasteiger partial charge in [0.15, 0.2) is 5.96 Å². The van der Waals surface area contributed by atoms with Crippen LogP contribution in [-0.4, -0.2) is 180 Å². The van der Waals surface area contributed by atoms with Crippen molar-refractivity contribution in [2.75, 3.05) is 58.9 Å². The highest BCUT2D eigenvalue weighted by atomic mass is 16.3. The number of carbonyl (C=O) groups is 9. The molecule has 2 rings (SSSR count). The third kappa shape index (κ3) is 27.0. The Bertz CT molecular complexity index is 2180. The lowest BCUT2D eigenvalue weighted by atomic mass is 10.0. The van der Waals surface area contributed by atoms with Crippen LogP contribution in [-0.2, 0) is 49.6 Å². The maximum atomic E-state index is 14.4. The molecule has 1 aromatic rings. The standard InChI is InChI=1S/C50H89N19O10/c1-31(2)24-38(64-41(71)26-33(70)27-55)44(74)61-29-42(72)63-37(14-9-20-54)49(79)69-23-11-16-40(69)48(78)68-39(25-32-28-58-30-62-32)47(77)67-35(13-4-6-18-52)45(75)66-36(15-10-22-60-50(56)57)46(76)65-34(12-3-5-17-51)43(73)59-21-8-7-19-53/h15,28,30-31,33-35,38-40,70H,3-14,16-27,29,51-55H2,1-2H3,(H,58,62)(H,59,73)(H,61,74)(H,64,71)(H,65,76)(H,66,75)(H,67,77)(H,68,78)(H4,56,57,60)/b36-15-,63-37+/t33-,34+,35+,38+,39+,40+/m1/s1. The molecule has 1 fully saturated rings. The fraction of sp³-hybridized carbons (Fsp3) is 0.680. The van der Waals surface area contributed by atoms with Gasteiger partial charge in [-0.25, -0.2) is 9.98 Å². The molecule has 0 radical (unpaired) electrons. The van der Waals surface area contributed by atoms with E-state index in [9.17, 15) is 48.3 Å². The van der Waals surface area contributed by atoms with E-state index < -0.39 is 96.0 Å². The summed E-state index contributed by atoms with van der Waals surface area (Å²) in [5.74, 6) is -6.90. The number of nitrogens with one attached hydrogen (secondary N) is 10. The van der Waals surface area contributed by atoms with Crippen molar-refractivity contribution >= 4 is 64.8 Å². The molecule has 444 valence electrons. The lowest BCUT2D eigenvalue weighted by Crippen LogP contribution is -2.57. The fourth-order valence-corrected chi connectivity index (χ4v) is 8.23. The predicted molar refractivity (Wildman–Crippen MR) is 295 cm³/mol. The summed E-state index contributed by atoms with van der Waals surface area (Å²) >= 11 is 0. The zero-order valence-corrected chi connectivity index (χ0v) is 45.9. The highest BCUT2D eigenvalue weighted by Crippen LogP contribution is 2.20. The van der Waals surface area contributed by atoms with E-state index in [1.54, 1.807) is 0 Å². The number of H-pyrrole nitrogens is 1. The van der Waals surface area contributed by atoms with Crippen LogP contribution in [0.5, 0.6) is 0 Å². The molecule has 0 unspecified atom stereocenters. The molecule has 79 heavy (non-hydrogen) atoms. The Morgan fingerprint density at radius 2 is 1.43 bits per heavy atom. The van der Waals surface area contributed by atoms with Crippen LogP contribution in [0, 0.1) is 11.3 Å². The van der Waals surface area contributed by atoms with Gasteiger partial charge in [-0.05, 0) is 122 Å². The SMILES string of the molecule is CC(C)C[C@H](NC(=O)C[C@@H](O)CN)C(=O)NCC(=O)/N=C(\CCCN)C(=O)N1CCC[C@H]1C(=O)N[C@@H](Cc1cnc[nH]1)C(=O)N[C@@H](CCCCN)C(=O)N/C(=C\CCNC(=N)N)C(=O)N[C@@H](CCCCN)C(=O)NCCCCN. The number of nitrogens with two attached hydrogens (primary N) is 6. The largest absolute Gasteiger partial charge is 0.391 e. The van der Waals surface area contributed by atoms with Crippen molar-refractivity contribution < 1.29 is 48.3 Å². The number of amides is 9. The van der Waals surface area contributed by atoms with Gasteiger partial charge in [-0.2, -0.15) is 0 Å². The Labute approximate surface area is 461 Å². The Balaban J connectivity index is 2.41. The summed E-state index contributed by atoms with van der Waals surface area (Å²) in [4.78, 5) is 136. The minimum Gasteiger partial charge on any atom is -0.391 e. The number of unbranched alkanes of at least 4 members (excludes halogenated alkanes) is 3. The van der Waals surface area contributed by atoms with Crippen LogP contribution in [0.4, 0.5) is 0 Å². The van der Waals surface area contributed by atoms with Gasteiger partial charge in [-0.3, -0.25) is 48.6 Å². The van der Waals surface area contributed by atoms with E-state index in [1.165, 1.54) is 23.5 Å². The molecule has 1 aliphatic rings. The average molecular weight is 1120 g/mol. The quantitative estimate of drug-likeness (QED) is 0.0128. The van der Waals surface area contributed by atoms with Crippen LogP contribution < -0.4 is 76.9 Å². The first-order valence-corrected chi connectivity index (χ1v) is 27.2. The maximum absolute atomic E-state index is 14.4. The van der Waals surface area contributed by atoms with Crippen molar-refractivity contribution in [2.45, 2.75) is 153 Å². The molecule has 0 saturated carbocycles. The molecule has 29 nitrogen and oxygen atoms in total. The van der Waals surface area contributed by atoms with E-state index >= 15 is 0 Å². The third-order valence-electron chi connectivity index (χ3n) is 12.4. The van der Waals surface area contributed by atoms with E-state index in [0.29, 0.717) is 70.3 Å². The van der Waals surface area contributed by atoms with Crippen LogP contribution in [0.15, 0.2) is 29.3 Å². The van der Waals surface area contributed by atoms with Crippen LogP contribution in [0.25, 0.3) is 0 Å². The number of rotatable bonds is 39. The maximum Gasteiger partial charge on any atom is 0.269 e. The molecule has 0 bridgehead atoms. The van der Waals surface area contributed by atoms with Gasteiger partial charge in [0.05, 0.1) is 25.4 Å². The first kappa shape index (κ1) is 68.2. The second-order valence-corrected chi connectivity index (χ2v) is 19.6. The van der Waals surface area contributed by atoms with Crippen LogP contribution in [0.3, 0.4) is 0 Å². The number of guanidine groups is 1. The van der Waals surface area contributed by atoms with E-state index in [-0.39, 0.29) is 114 Å². The summed E-state index contributed by atoms with van der Waals surface area (Å²) in [6.45, 7) is 4.57. The van der Waals surface area contributed by atoms with Crippen molar-refractivity contribution in [1.82, 2.24) is 57.4 Å². The molecule has 29 heteroatoms. The summed E-state index contributed by atoms with van der Waals surface area (Å²) in [5.41, 5.74) is 33.7. The van der Waals surface area contributed by atoms with Crippen molar-refractivity contribution in [3.8, 4) is 0 Å². The minimum absolute atomic E-state index is 0.0424. The van der Waals surface area contributed by atoms with Crippen LogP contribution in [0.2, 0.25) is 0 Å². The van der Waals surface area contributed by atoms with Crippen LogP contribution in [0.1, 0.15) is 116 Å². The summed E-state index contributed by atoms with van der Waals surface area (Å²) in [6.07, 6.45) is 7.13. The average Bonchev–Trinajstić information content (AvgIpc) is 4.14. The minimum atomic E-state index is -1.37. The molecular weight excluding hydrogens is 1030 g/mol. The number of aliphatic hydroxyl groups is 1. The van der Waals surface area contributed by atoms with Gasteiger partial charge in [0, 0.05) is 44.5 Å². The molecule has 0 spiro atoms. The summed E-state index contributed by atoms with van der Waals surface area (Å²) < 4.78 is 0. The van der Waals surface area contributed by atoms with Crippen LogP contribution >= 0.6 is 0 Å². The van der Waals surface area contributed by atoms with Crippen molar-refractivity contribution in [3.05, 3.63) is 30.0 Å². The second-order valence-electron chi connectivity index (χ2n) is 19.6. The molecular formula is C50H89N19O10. The Morgan fingerprint density at radius 1 is 0.785 bits per heavy atom. The lowest BCUT2D eigenvalue weighted by molar-refractivity contribution is -0.136. The highest BCUT2D eigenvalue weighted by molar-refractivity contribution is 6.40. The number of hydrogen-bond donors (Lipinski definition) is 17. The van der Waals surface area contributed by atoms with Crippen molar-refractivity contribution in [3.63, 3.8) is 0 Å². The van der Waals surface area contributed by atoms with Gasteiger partial charge in [0.2, 0.25) is 35.4 Å². The predicted octanol–water partition coefficient (Wildman–Crippen LogP) is -4.55. The third-order valence-corrected chi connectivity index (χ3v) is 12.4. The second kappa shape index (κ2) is 38.6. The molecule has 0 aromatic carbocycles. The summed E-state index contributed by atoms with van der Waals surface area (Å²) in [7, 11) is 0.